The SMILES string of the molecule is O.O.O.O.O.O.O.O.O.O.O.O.O.O.O.O.O.O.[K]. The molecule has 0 aliphatic rings. The second-order valence-electron chi connectivity index (χ2n) is 0. The van der Waals surface area contributed by atoms with Gasteiger partial charge in [0.05, 0.1) is 0 Å². The van der Waals surface area contributed by atoms with Crippen molar-refractivity contribution >= 4 is 51.4 Å². The van der Waals surface area contributed by atoms with Gasteiger partial charge in [0.1, 0.15) is 0 Å². The van der Waals surface area contributed by atoms with Crippen LogP contribution in [0.2, 0.25) is 0 Å². The number of hydrogen-bond donors (Lipinski definition) is 0. The van der Waals surface area contributed by atoms with Crippen molar-refractivity contribution in [3.8, 4) is 0 Å². The first-order valence-corrected chi connectivity index (χ1v) is 0. The van der Waals surface area contributed by atoms with Gasteiger partial charge in [0.25, 0.3) is 0 Å². The molecular weight excluding hydrogens is 327 g/mol. The van der Waals surface area contributed by atoms with E-state index < -0.39 is 0 Å². The van der Waals surface area contributed by atoms with Crippen molar-refractivity contribution in [3.63, 3.8) is 0 Å². The second kappa shape index (κ2) is 7230. The van der Waals surface area contributed by atoms with E-state index in [0.717, 1.165) is 0 Å². The quantitative estimate of drug-likeness (QED) is 0.361. The van der Waals surface area contributed by atoms with Crippen LogP contribution in [0.3, 0.4) is 0 Å². The van der Waals surface area contributed by atoms with Crippen molar-refractivity contribution in [3.05, 3.63) is 0 Å². The van der Waals surface area contributed by atoms with E-state index in [9.17, 15) is 0 Å². The molecule has 0 amide bonds. The Hall–Kier alpha value is 0.916. The van der Waals surface area contributed by atoms with Crippen molar-refractivity contribution < 1.29 is 98.6 Å². The monoisotopic (exact) mass is 363 g/mol. The summed E-state index contributed by atoms with van der Waals surface area (Å²) in [6.07, 6.45) is 0. The second-order valence-corrected chi connectivity index (χ2v) is 0. The molecule has 18 nitrogen and oxygen atoms in total. The summed E-state index contributed by atoms with van der Waals surface area (Å²) in [6.45, 7) is 0. The number of rotatable bonds is 0. The maximum Gasteiger partial charge on any atom is 0 e. The fraction of sp³-hybridized carbons (Fsp3) is 0. The van der Waals surface area contributed by atoms with Gasteiger partial charge in [-0.3, -0.25) is 0 Å². The fourth-order valence-corrected chi connectivity index (χ4v) is 0. The first-order chi connectivity index (χ1) is 0. The molecule has 0 aromatic heterocycles. The zero-order valence-electron chi connectivity index (χ0n) is 10.0. The summed E-state index contributed by atoms with van der Waals surface area (Å²) in [7, 11) is 0. The van der Waals surface area contributed by atoms with Crippen molar-refractivity contribution in [1.29, 1.82) is 0 Å². The van der Waals surface area contributed by atoms with Crippen LogP contribution in [0.15, 0.2) is 0 Å². The molecule has 0 unspecified atom stereocenters. The van der Waals surface area contributed by atoms with Gasteiger partial charge in [-0.05, 0) is 0 Å². The molecule has 19 heavy (non-hydrogen) atoms. The molecule has 0 aliphatic heterocycles. The zero-order chi connectivity index (χ0) is 0. The Kier molecular flexibility index (Phi) is 3230000. The maximum atomic E-state index is 0. The van der Waals surface area contributed by atoms with Crippen molar-refractivity contribution in [2.24, 2.45) is 0 Å². The van der Waals surface area contributed by atoms with Gasteiger partial charge in [-0.25, -0.2) is 0 Å². The number of hydrogen-bond acceptors (Lipinski definition) is 0. The van der Waals surface area contributed by atoms with Crippen LogP contribution in [0, 0.1) is 0 Å². The van der Waals surface area contributed by atoms with Gasteiger partial charge in [-0.1, -0.05) is 0 Å². The molecule has 0 spiro atoms. The smallest absolute Gasteiger partial charge is 0 e. The minimum atomic E-state index is 0. The van der Waals surface area contributed by atoms with E-state index in [1.165, 1.54) is 0 Å². The van der Waals surface area contributed by atoms with Crippen LogP contribution < -0.4 is 0 Å². The first-order valence-electron chi connectivity index (χ1n) is 0. The van der Waals surface area contributed by atoms with E-state index in [4.69, 9.17) is 0 Å². The maximum absolute atomic E-state index is 0. The summed E-state index contributed by atoms with van der Waals surface area (Å²) in [5.41, 5.74) is 0. The van der Waals surface area contributed by atoms with Gasteiger partial charge in [0.15, 0.2) is 0 Å². The Labute approximate surface area is 149 Å². The predicted octanol–water partition coefficient (Wildman–Crippen LogP) is -15.2. The van der Waals surface area contributed by atoms with Crippen molar-refractivity contribution in [1.82, 2.24) is 0 Å². The Morgan fingerprint density at radius 2 is 0.105 bits per heavy atom. The summed E-state index contributed by atoms with van der Waals surface area (Å²) in [5.74, 6) is 0. The standard InChI is InChI=1S/K.18H2O/h;18*1H2. The van der Waals surface area contributed by atoms with E-state index in [0.29, 0.717) is 0 Å². The Balaban J connectivity index is 0. The van der Waals surface area contributed by atoms with E-state index in [-0.39, 0.29) is 150 Å². The van der Waals surface area contributed by atoms with Gasteiger partial charge < -0.3 is 98.6 Å². The Morgan fingerprint density at radius 1 is 0.105 bits per heavy atom. The van der Waals surface area contributed by atoms with E-state index >= 15 is 0 Å². The molecule has 145 valence electrons. The third-order valence-corrected chi connectivity index (χ3v) is 0. The first kappa shape index (κ1) is 8490. The zero-order valence-corrected chi connectivity index (χ0v) is 13.1. The Morgan fingerprint density at radius 3 is 0.105 bits per heavy atom. The molecule has 0 aromatic carbocycles. The molecule has 0 heterocycles. The summed E-state index contributed by atoms with van der Waals surface area (Å²) in [4.78, 5) is 0. The topological polar surface area (TPSA) is 567 Å². The van der Waals surface area contributed by atoms with Crippen LogP contribution in [0.5, 0.6) is 0 Å². The third kappa shape index (κ3) is 6450. The summed E-state index contributed by atoms with van der Waals surface area (Å²) in [6, 6.07) is 0. The Bertz CT molecular complexity index is 5.65. The van der Waals surface area contributed by atoms with Crippen LogP contribution in [0.1, 0.15) is 0 Å². The van der Waals surface area contributed by atoms with E-state index in [1.807, 2.05) is 0 Å². The summed E-state index contributed by atoms with van der Waals surface area (Å²) in [5, 5.41) is 0. The minimum absolute atomic E-state index is 0. The molecule has 19 heteroatoms. The molecule has 0 saturated heterocycles. The van der Waals surface area contributed by atoms with Gasteiger partial charge in [-0.15, -0.1) is 0 Å². The van der Waals surface area contributed by atoms with Gasteiger partial charge in [-0.2, -0.15) is 0 Å². The molecule has 0 fully saturated rings. The van der Waals surface area contributed by atoms with Crippen LogP contribution in [-0.2, 0) is 0 Å². The minimum Gasteiger partial charge on any atom is -0.412 e. The van der Waals surface area contributed by atoms with Crippen molar-refractivity contribution in [2.75, 3.05) is 0 Å². The molecule has 36 N–H and O–H groups in total. The molecule has 0 atom stereocenters. The molecule has 0 aliphatic carbocycles. The van der Waals surface area contributed by atoms with Gasteiger partial charge in [0, 0.05) is 51.4 Å². The van der Waals surface area contributed by atoms with E-state index in [1.54, 1.807) is 0 Å². The molecule has 0 aromatic rings. The molecular formula is H36KO18. The van der Waals surface area contributed by atoms with Crippen LogP contribution in [0.4, 0.5) is 0 Å². The van der Waals surface area contributed by atoms with Gasteiger partial charge in [0.2, 0.25) is 0 Å². The third-order valence-electron chi connectivity index (χ3n) is 0. The van der Waals surface area contributed by atoms with E-state index in [2.05, 4.69) is 0 Å². The normalized spacial score (nSPS) is 0. The van der Waals surface area contributed by atoms with Crippen LogP contribution in [-0.4, -0.2) is 150 Å². The van der Waals surface area contributed by atoms with Gasteiger partial charge >= 0.3 is 0 Å². The summed E-state index contributed by atoms with van der Waals surface area (Å²) < 4.78 is 0. The molecule has 1 radical (unpaired) electrons. The average Bonchev–Trinajstić information content (AvgIpc) is 0. The predicted molar refractivity (Wildman–Crippen MR) is 70.8 cm³/mol. The van der Waals surface area contributed by atoms with Crippen LogP contribution >= 0.6 is 0 Å². The van der Waals surface area contributed by atoms with Crippen LogP contribution in [0.25, 0.3) is 0 Å². The molecule has 0 saturated carbocycles. The molecule has 0 rings (SSSR count). The average molecular weight is 363 g/mol. The summed E-state index contributed by atoms with van der Waals surface area (Å²) >= 11 is 0. The molecule has 0 bridgehead atoms. The largest absolute Gasteiger partial charge is 0.412 e. The van der Waals surface area contributed by atoms with Crippen molar-refractivity contribution in [2.45, 2.75) is 0 Å². The fourth-order valence-electron chi connectivity index (χ4n) is 0.